The summed E-state index contributed by atoms with van der Waals surface area (Å²) < 4.78 is 0. The molecule has 2 rings (SSSR count). The largest absolute Gasteiger partial charge is 0.353 e. The molecule has 3 heteroatoms. The van der Waals surface area contributed by atoms with Gasteiger partial charge in [-0.25, -0.2) is 0 Å². The summed E-state index contributed by atoms with van der Waals surface area (Å²) in [4.78, 5) is 12.1. The minimum atomic E-state index is 0.0825. The van der Waals surface area contributed by atoms with Crippen molar-refractivity contribution in [2.45, 2.75) is 25.3 Å². The van der Waals surface area contributed by atoms with Crippen molar-refractivity contribution >= 4 is 17.2 Å². The van der Waals surface area contributed by atoms with Crippen LogP contribution in [0.1, 0.15) is 24.1 Å². The van der Waals surface area contributed by atoms with Gasteiger partial charge in [-0.3, -0.25) is 4.79 Å². The van der Waals surface area contributed by atoms with E-state index in [0.717, 1.165) is 6.42 Å². The Balaban J connectivity index is 1.92. The molecule has 0 aliphatic heterocycles. The number of nitrogens with one attached hydrogen (secondary N) is 1. The Kier molecular flexibility index (Phi) is 1.89. The maximum Gasteiger partial charge on any atom is 0.217 e. The van der Waals surface area contributed by atoms with Crippen LogP contribution in [0.4, 0.5) is 0 Å². The van der Waals surface area contributed by atoms with Gasteiger partial charge < -0.3 is 5.32 Å². The number of carbonyl (C=O) groups excluding carboxylic acids is 1. The molecule has 1 heterocycles. The van der Waals surface area contributed by atoms with E-state index in [1.165, 1.54) is 4.88 Å². The van der Waals surface area contributed by atoms with Crippen LogP contribution in [0.2, 0.25) is 0 Å². The molecule has 64 valence electrons. The molecule has 1 aromatic heterocycles. The number of rotatable bonds is 2. The lowest BCUT2D eigenvalue weighted by Gasteiger charge is -1.97. The molecule has 1 aliphatic carbocycles. The number of hydrogen-bond acceptors (Lipinski definition) is 2. The van der Waals surface area contributed by atoms with Gasteiger partial charge in [-0.05, 0) is 17.9 Å². The minimum Gasteiger partial charge on any atom is -0.353 e. The summed E-state index contributed by atoms with van der Waals surface area (Å²) in [6, 6.07) is 4.60. The van der Waals surface area contributed by atoms with Crippen LogP contribution in [0.25, 0.3) is 0 Å². The van der Waals surface area contributed by atoms with Crippen molar-refractivity contribution in [1.29, 1.82) is 0 Å². The summed E-state index contributed by atoms with van der Waals surface area (Å²) in [6.45, 7) is 1.57. The molecule has 2 atom stereocenters. The summed E-state index contributed by atoms with van der Waals surface area (Å²) in [5, 5.41) is 5.00. The molecular weight excluding hydrogens is 170 g/mol. The predicted octanol–water partition coefficient (Wildman–Crippen LogP) is 1.74. The highest BCUT2D eigenvalue weighted by Gasteiger charge is 2.39. The first-order chi connectivity index (χ1) is 5.77. The van der Waals surface area contributed by atoms with Crippen LogP contribution in [-0.4, -0.2) is 11.9 Å². The van der Waals surface area contributed by atoms with Crippen LogP contribution >= 0.6 is 11.3 Å². The predicted molar refractivity (Wildman–Crippen MR) is 49.3 cm³/mol. The second-order valence-electron chi connectivity index (χ2n) is 3.16. The SMILES string of the molecule is CC(=O)NC1CC1c1cccs1. The van der Waals surface area contributed by atoms with E-state index in [9.17, 15) is 4.79 Å². The zero-order valence-electron chi connectivity index (χ0n) is 6.91. The molecule has 1 aliphatic rings. The Morgan fingerprint density at radius 2 is 2.58 bits per heavy atom. The highest BCUT2D eigenvalue weighted by atomic mass is 32.1. The first-order valence-corrected chi connectivity index (χ1v) is 4.96. The molecule has 0 spiro atoms. The number of amides is 1. The van der Waals surface area contributed by atoms with E-state index in [2.05, 4.69) is 22.8 Å². The molecule has 1 aromatic rings. The van der Waals surface area contributed by atoms with E-state index < -0.39 is 0 Å². The first kappa shape index (κ1) is 7.80. The van der Waals surface area contributed by atoms with Crippen molar-refractivity contribution in [3.63, 3.8) is 0 Å². The van der Waals surface area contributed by atoms with Crippen molar-refractivity contribution < 1.29 is 4.79 Å². The van der Waals surface area contributed by atoms with E-state index >= 15 is 0 Å². The molecule has 0 aromatic carbocycles. The topological polar surface area (TPSA) is 29.1 Å². The lowest BCUT2D eigenvalue weighted by atomic mass is 10.3. The molecule has 0 radical (unpaired) electrons. The molecule has 1 fully saturated rings. The lowest BCUT2D eigenvalue weighted by molar-refractivity contribution is -0.119. The van der Waals surface area contributed by atoms with Crippen LogP contribution in [-0.2, 0) is 4.79 Å². The number of hydrogen-bond donors (Lipinski definition) is 1. The molecular formula is C9H11NOS. The van der Waals surface area contributed by atoms with Gasteiger partial charge in [0.1, 0.15) is 0 Å². The standard InChI is InChI=1S/C9H11NOS/c1-6(11)10-8-5-7(8)9-3-2-4-12-9/h2-4,7-8H,5H2,1H3,(H,10,11). The minimum absolute atomic E-state index is 0.0825. The summed E-state index contributed by atoms with van der Waals surface area (Å²) in [7, 11) is 0. The third kappa shape index (κ3) is 1.50. The van der Waals surface area contributed by atoms with Gasteiger partial charge in [-0.15, -0.1) is 11.3 Å². The Hall–Kier alpha value is -0.830. The molecule has 1 N–H and O–H groups in total. The molecule has 2 unspecified atom stereocenters. The number of carbonyl (C=O) groups is 1. The van der Waals surface area contributed by atoms with Gasteiger partial charge >= 0.3 is 0 Å². The third-order valence-corrected chi connectivity index (χ3v) is 3.09. The maximum absolute atomic E-state index is 10.7. The van der Waals surface area contributed by atoms with Crippen LogP contribution in [0.3, 0.4) is 0 Å². The van der Waals surface area contributed by atoms with Crippen molar-refractivity contribution in [3.8, 4) is 0 Å². The monoisotopic (exact) mass is 181 g/mol. The van der Waals surface area contributed by atoms with Gasteiger partial charge in [0.25, 0.3) is 0 Å². The summed E-state index contributed by atoms with van der Waals surface area (Å²) in [5.41, 5.74) is 0. The smallest absolute Gasteiger partial charge is 0.217 e. The fourth-order valence-electron chi connectivity index (χ4n) is 1.43. The van der Waals surface area contributed by atoms with Crippen molar-refractivity contribution in [2.75, 3.05) is 0 Å². The van der Waals surface area contributed by atoms with Gasteiger partial charge in [0.15, 0.2) is 0 Å². The van der Waals surface area contributed by atoms with E-state index in [1.807, 2.05) is 0 Å². The summed E-state index contributed by atoms with van der Waals surface area (Å²) in [6.07, 6.45) is 1.11. The average molecular weight is 181 g/mol. The Morgan fingerprint density at radius 3 is 3.17 bits per heavy atom. The van der Waals surface area contributed by atoms with Gasteiger partial charge in [-0.2, -0.15) is 0 Å². The third-order valence-electron chi connectivity index (χ3n) is 2.09. The molecule has 1 saturated carbocycles. The zero-order valence-corrected chi connectivity index (χ0v) is 7.73. The van der Waals surface area contributed by atoms with Crippen LogP contribution in [0.15, 0.2) is 17.5 Å². The van der Waals surface area contributed by atoms with E-state index in [1.54, 1.807) is 18.3 Å². The maximum atomic E-state index is 10.7. The van der Waals surface area contributed by atoms with E-state index in [0.29, 0.717) is 12.0 Å². The Bertz CT molecular complexity index is 281. The van der Waals surface area contributed by atoms with Gasteiger partial charge in [0.2, 0.25) is 5.91 Å². The molecule has 1 amide bonds. The second-order valence-corrected chi connectivity index (χ2v) is 4.14. The van der Waals surface area contributed by atoms with Crippen molar-refractivity contribution in [1.82, 2.24) is 5.32 Å². The van der Waals surface area contributed by atoms with E-state index in [-0.39, 0.29) is 5.91 Å². The molecule has 12 heavy (non-hydrogen) atoms. The lowest BCUT2D eigenvalue weighted by Crippen LogP contribution is -2.23. The molecule has 0 bridgehead atoms. The zero-order chi connectivity index (χ0) is 8.55. The first-order valence-electron chi connectivity index (χ1n) is 4.08. The van der Waals surface area contributed by atoms with Gasteiger partial charge in [0.05, 0.1) is 0 Å². The van der Waals surface area contributed by atoms with Crippen LogP contribution in [0, 0.1) is 0 Å². The fraction of sp³-hybridized carbons (Fsp3) is 0.444. The quantitative estimate of drug-likeness (QED) is 0.739. The fourth-order valence-corrected chi connectivity index (χ4v) is 2.34. The molecule has 0 saturated heterocycles. The second kappa shape index (κ2) is 2.90. The molecule has 2 nitrogen and oxygen atoms in total. The summed E-state index contributed by atoms with van der Waals surface area (Å²) in [5.74, 6) is 0.674. The van der Waals surface area contributed by atoms with Gasteiger partial charge in [0, 0.05) is 23.8 Å². The highest BCUT2D eigenvalue weighted by Crippen LogP contribution is 2.42. The Morgan fingerprint density at radius 1 is 1.75 bits per heavy atom. The average Bonchev–Trinajstić information content (AvgIpc) is 2.59. The van der Waals surface area contributed by atoms with Crippen LogP contribution < -0.4 is 5.32 Å². The van der Waals surface area contributed by atoms with Gasteiger partial charge in [-0.1, -0.05) is 6.07 Å². The number of thiophene rings is 1. The normalized spacial score (nSPS) is 26.8. The Labute approximate surface area is 75.6 Å². The van der Waals surface area contributed by atoms with Crippen molar-refractivity contribution in [2.24, 2.45) is 0 Å². The van der Waals surface area contributed by atoms with Crippen molar-refractivity contribution in [3.05, 3.63) is 22.4 Å². The van der Waals surface area contributed by atoms with E-state index in [4.69, 9.17) is 0 Å². The van der Waals surface area contributed by atoms with Crippen LogP contribution in [0.5, 0.6) is 0 Å². The highest BCUT2D eigenvalue weighted by molar-refractivity contribution is 7.10. The summed E-state index contributed by atoms with van der Waals surface area (Å²) >= 11 is 1.77.